The highest BCUT2D eigenvalue weighted by Crippen LogP contribution is 2.36. The molecular formula is C50H36N3+. The fraction of sp³-hybridized carbons (Fsp3) is 0. The highest BCUT2D eigenvalue weighted by molar-refractivity contribution is 6.14. The van der Waals surface area contributed by atoms with Crippen LogP contribution >= 0.6 is 0 Å². The van der Waals surface area contributed by atoms with Crippen molar-refractivity contribution in [1.29, 1.82) is 5.41 Å². The quantitative estimate of drug-likeness (QED) is 0.181. The first-order valence-electron chi connectivity index (χ1n) is 18.0. The normalized spacial score (nSPS) is 14.9. The van der Waals surface area contributed by atoms with E-state index in [2.05, 4.69) is 169 Å². The molecule has 0 fully saturated rings. The first-order valence-corrected chi connectivity index (χ1v) is 18.0. The summed E-state index contributed by atoms with van der Waals surface area (Å²) >= 11 is 0. The molecule has 53 heavy (non-hydrogen) atoms. The van der Waals surface area contributed by atoms with Crippen molar-refractivity contribution < 1.29 is 5.32 Å². The number of quaternary nitrogens is 1. The number of allylic oxidation sites excluding steroid dienone is 5. The fourth-order valence-electron chi connectivity index (χ4n) is 7.27. The molecule has 0 saturated heterocycles. The zero-order valence-corrected chi connectivity index (χ0v) is 29.1. The number of nitrogens with two attached hydrogens (primary N) is 1. The van der Waals surface area contributed by atoms with Crippen molar-refractivity contribution in [2.75, 3.05) is 0 Å². The molecule has 0 radical (unpaired) electrons. The third-order valence-electron chi connectivity index (χ3n) is 10.1. The van der Waals surface area contributed by atoms with Gasteiger partial charge in [-0.25, -0.2) is 4.98 Å². The van der Waals surface area contributed by atoms with Crippen molar-refractivity contribution in [2.45, 2.75) is 0 Å². The van der Waals surface area contributed by atoms with Gasteiger partial charge in [0.25, 0.3) is 0 Å². The number of fused-ring (bicyclic) bond motifs is 1. The van der Waals surface area contributed by atoms with E-state index in [4.69, 9.17) is 10.4 Å². The maximum Gasteiger partial charge on any atom is 0.151 e. The molecule has 3 heteroatoms. The largest absolute Gasteiger partial charge is 0.300 e. The molecule has 2 aliphatic rings. The Hall–Kier alpha value is -6.94. The molecule has 250 valence electrons. The highest BCUT2D eigenvalue weighted by atomic mass is 14.9. The van der Waals surface area contributed by atoms with Gasteiger partial charge in [-0.05, 0) is 69.3 Å². The zero-order valence-electron chi connectivity index (χ0n) is 29.1. The monoisotopic (exact) mass is 678 g/mol. The van der Waals surface area contributed by atoms with Crippen molar-refractivity contribution in [1.82, 2.24) is 4.98 Å². The van der Waals surface area contributed by atoms with Crippen LogP contribution in [0.15, 0.2) is 206 Å². The second kappa shape index (κ2) is 14.0. The Labute approximate surface area is 310 Å². The number of rotatable bonds is 6. The average molecular weight is 679 g/mol. The van der Waals surface area contributed by atoms with E-state index in [9.17, 15) is 0 Å². The maximum atomic E-state index is 8.53. The van der Waals surface area contributed by atoms with Crippen molar-refractivity contribution in [3.05, 3.63) is 223 Å². The van der Waals surface area contributed by atoms with Crippen molar-refractivity contribution in [3.63, 3.8) is 0 Å². The molecule has 1 aliphatic carbocycles. The van der Waals surface area contributed by atoms with Gasteiger partial charge in [0.2, 0.25) is 0 Å². The summed E-state index contributed by atoms with van der Waals surface area (Å²) in [6.07, 6.45) is 10.0. The Morgan fingerprint density at radius 2 is 0.830 bits per heavy atom. The Morgan fingerprint density at radius 3 is 1.38 bits per heavy atom. The molecule has 2 heterocycles. The lowest BCUT2D eigenvalue weighted by molar-refractivity contribution is -0.487. The molecule has 3 N–H and O–H groups in total. The molecule has 0 bridgehead atoms. The van der Waals surface area contributed by atoms with Crippen LogP contribution in [0.25, 0.3) is 67.2 Å². The number of hydrogen-bond acceptors (Lipinski definition) is 2. The first-order chi connectivity index (χ1) is 26.2. The summed E-state index contributed by atoms with van der Waals surface area (Å²) in [5, 5.41) is 10.7. The van der Waals surface area contributed by atoms with Crippen LogP contribution in [0.3, 0.4) is 0 Å². The van der Waals surface area contributed by atoms with Gasteiger partial charge in [0.1, 0.15) is 6.20 Å². The molecule has 9 rings (SSSR count). The molecule has 7 aromatic rings. The van der Waals surface area contributed by atoms with Crippen LogP contribution in [0, 0.1) is 5.41 Å². The molecule has 6 aromatic carbocycles. The molecule has 0 spiro atoms. The number of pyridine rings is 1. The van der Waals surface area contributed by atoms with Crippen LogP contribution in [-0.4, -0.2) is 10.7 Å². The lowest BCUT2D eigenvalue weighted by atomic mass is 9.87. The summed E-state index contributed by atoms with van der Waals surface area (Å²) < 4.78 is 0. The van der Waals surface area contributed by atoms with Gasteiger partial charge >= 0.3 is 0 Å². The van der Waals surface area contributed by atoms with Gasteiger partial charge in [-0.3, -0.25) is 5.32 Å². The van der Waals surface area contributed by atoms with E-state index in [1.807, 2.05) is 36.4 Å². The predicted molar refractivity (Wildman–Crippen MR) is 220 cm³/mol. The lowest BCUT2D eigenvalue weighted by Gasteiger charge is -2.20. The van der Waals surface area contributed by atoms with Crippen molar-refractivity contribution in [3.8, 4) is 55.9 Å². The van der Waals surface area contributed by atoms with Crippen LogP contribution in [0.4, 0.5) is 0 Å². The minimum Gasteiger partial charge on any atom is -0.300 e. The van der Waals surface area contributed by atoms with Crippen LogP contribution in [0.1, 0.15) is 16.7 Å². The number of benzene rings is 6. The number of aromatic nitrogens is 1. The topological polar surface area (TPSA) is 53.4 Å². The first kappa shape index (κ1) is 32.0. The van der Waals surface area contributed by atoms with E-state index in [0.29, 0.717) is 5.71 Å². The molecule has 0 unspecified atom stereocenters. The van der Waals surface area contributed by atoms with E-state index < -0.39 is 0 Å². The third kappa shape index (κ3) is 6.42. The van der Waals surface area contributed by atoms with E-state index in [-0.39, 0.29) is 0 Å². The zero-order chi connectivity index (χ0) is 35.6. The SMILES string of the molecule is N=C1C=CC=C/C1=C1/[NH2+]C=C(c2ccc(-c3cc(-c4ccc(-c5ccccc5)cc4)nc(-c4ccc(-c5ccccc5)cc4)c3)cc2)c2ccccc21. The summed E-state index contributed by atoms with van der Waals surface area (Å²) in [6.45, 7) is 0. The summed E-state index contributed by atoms with van der Waals surface area (Å²) in [5.41, 5.74) is 18.2. The number of nitrogens with one attached hydrogen (secondary N) is 1. The van der Waals surface area contributed by atoms with Crippen LogP contribution in [0.2, 0.25) is 0 Å². The van der Waals surface area contributed by atoms with Crippen LogP contribution in [0.5, 0.6) is 0 Å². The van der Waals surface area contributed by atoms with E-state index in [0.717, 1.165) is 56.0 Å². The Kier molecular flexibility index (Phi) is 8.45. The second-order valence-corrected chi connectivity index (χ2v) is 13.3. The Balaban J connectivity index is 1.08. The van der Waals surface area contributed by atoms with Crippen LogP contribution < -0.4 is 5.32 Å². The molecule has 0 saturated carbocycles. The standard InChI is InChI=1S/C50H35N3/c51-47-18-10-9-17-45(47)50-44-16-8-7-15-43(44)46(33-52-50)39-25-19-38(20-26-39)42-31-48(40-27-21-36(22-28-40)34-11-3-1-4-12-34)53-49(32-42)41-29-23-37(24-30-41)35-13-5-2-6-14-35/h1-33,51-52H/p+1/b50-45-,51-47?. The van der Waals surface area contributed by atoms with Crippen LogP contribution in [-0.2, 0) is 0 Å². The third-order valence-corrected chi connectivity index (χ3v) is 10.1. The summed E-state index contributed by atoms with van der Waals surface area (Å²) in [4.78, 5) is 5.23. The number of nitrogens with zero attached hydrogens (tertiary/aromatic N) is 1. The Morgan fingerprint density at radius 1 is 0.396 bits per heavy atom. The summed E-state index contributed by atoms with van der Waals surface area (Å²) in [6, 6.07) is 60.2. The summed E-state index contributed by atoms with van der Waals surface area (Å²) in [5.74, 6) is 0. The van der Waals surface area contributed by atoms with Gasteiger partial charge in [-0.1, -0.05) is 164 Å². The van der Waals surface area contributed by atoms with Crippen molar-refractivity contribution in [2.24, 2.45) is 0 Å². The molecule has 0 atom stereocenters. The van der Waals surface area contributed by atoms with E-state index >= 15 is 0 Å². The second-order valence-electron chi connectivity index (χ2n) is 13.3. The maximum absolute atomic E-state index is 8.53. The van der Waals surface area contributed by atoms with E-state index in [1.54, 1.807) is 0 Å². The fourth-order valence-corrected chi connectivity index (χ4v) is 7.27. The predicted octanol–water partition coefficient (Wildman–Crippen LogP) is 11.2. The van der Waals surface area contributed by atoms with E-state index in [1.165, 1.54) is 33.4 Å². The van der Waals surface area contributed by atoms with Gasteiger partial charge < -0.3 is 5.41 Å². The van der Waals surface area contributed by atoms with Gasteiger partial charge in [-0.15, -0.1) is 0 Å². The van der Waals surface area contributed by atoms with Gasteiger partial charge in [0.05, 0.1) is 22.7 Å². The average Bonchev–Trinajstić information content (AvgIpc) is 3.24. The Bertz CT molecular complexity index is 2490. The highest BCUT2D eigenvalue weighted by Gasteiger charge is 2.25. The molecule has 1 aliphatic heterocycles. The lowest BCUT2D eigenvalue weighted by Crippen LogP contribution is -2.76. The van der Waals surface area contributed by atoms with Gasteiger partial charge in [0, 0.05) is 27.8 Å². The van der Waals surface area contributed by atoms with Crippen molar-refractivity contribution >= 4 is 17.0 Å². The van der Waals surface area contributed by atoms with Gasteiger partial charge in [0.15, 0.2) is 5.70 Å². The molecular weight excluding hydrogens is 643 g/mol. The minimum absolute atomic E-state index is 0.533. The smallest absolute Gasteiger partial charge is 0.151 e. The molecule has 0 amide bonds. The summed E-state index contributed by atoms with van der Waals surface area (Å²) in [7, 11) is 0. The molecule has 3 nitrogen and oxygen atoms in total. The minimum atomic E-state index is 0.533. The van der Waals surface area contributed by atoms with Gasteiger partial charge in [-0.2, -0.15) is 0 Å². The molecule has 1 aromatic heterocycles. The number of hydrogen-bond donors (Lipinski definition) is 2.